The Morgan fingerprint density at radius 2 is 0.689 bits per heavy atom. The fourth-order valence-corrected chi connectivity index (χ4v) is 12.7. The molecule has 18 heteroatoms. The number of thioether (sulfide) groups is 2. The number of phosphoric ester groups is 2. The molecule has 2 heterocycles. The van der Waals surface area contributed by atoms with Crippen molar-refractivity contribution in [3.05, 3.63) is 121 Å². The fraction of sp³-hybridized carbons (Fsp3) is 0.536. The molecule has 0 bridgehead atoms. The van der Waals surface area contributed by atoms with E-state index in [9.17, 15) is 18.7 Å². The Morgan fingerprint density at radius 1 is 0.405 bits per heavy atom. The van der Waals surface area contributed by atoms with Gasteiger partial charge in [0, 0.05) is 24.3 Å². The van der Waals surface area contributed by atoms with E-state index in [0.29, 0.717) is 47.3 Å². The molecule has 0 aromatic heterocycles. The largest absolute Gasteiger partial charge is 0.587 e. The van der Waals surface area contributed by atoms with Gasteiger partial charge < -0.3 is 37.0 Å². The Kier molecular flexibility index (Phi) is 27.7. The summed E-state index contributed by atoms with van der Waals surface area (Å²) in [5.74, 6) is 4.57. The highest BCUT2D eigenvalue weighted by Crippen LogP contribution is 2.50. The van der Waals surface area contributed by atoms with Gasteiger partial charge in [0.25, 0.3) is 0 Å². The zero-order valence-corrected chi connectivity index (χ0v) is 46.1. The molecule has 6 rings (SSSR count). The van der Waals surface area contributed by atoms with E-state index in [4.69, 9.17) is 46.1 Å². The van der Waals surface area contributed by atoms with E-state index in [1.54, 1.807) is 121 Å². The summed E-state index contributed by atoms with van der Waals surface area (Å²) in [7, 11) is -7.71. The van der Waals surface area contributed by atoms with Crippen LogP contribution in [0.15, 0.2) is 121 Å². The van der Waals surface area contributed by atoms with Gasteiger partial charge in [-0.1, -0.05) is 150 Å². The quantitative estimate of drug-likeness (QED) is 0.0235. The first-order valence-electron chi connectivity index (χ1n) is 26.5. The molecule has 2 aliphatic heterocycles. The molecule has 0 N–H and O–H groups in total. The van der Waals surface area contributed by atoms with E-state index in [-0.39, 0.29) is 38.4 Å². The van der Waals surface area contributed by atoms with Crippen molar-refractivity contribution in [2.45, 2.75) is 140 Å². The van der Waals surface area contributed by atoms with Crippen LogP contribution in [0, 0.1) is 0 Å². The molecule has 0 amide bonds. The maximum absolute atomic E-state index is 13.4. The average molecular weight is 1100 g/mol. The first-order valence-corrected chi connectivity index (χ1v) is 31.7. The van der Waals surface area contributed by atoms with E-state index in [1.807, 2.05) is 24.3 Å². The van der Waals surface area contributed by atoms with Crippen molar-refractivity contribution in [3.8, 4) is 23.0 Å². The molecule has 2 fully saturated rings. The van der Waals surface area contributed by atoms with Gasteiger partial charge in [-0.2, -0.15) is 23.5 Å². The van der Waals surface area contributed by atoms with Crippen LogP contribution in [0.2, 0.25) is 0 Å². The van der Waals surface area contributed by atoms with Gasteiger partial charge in [0.05, 0.1) is 26.4 Å². The van der Waals surface area contributed by atoms with E-state index in [2.05, 4.69) is 0 Å². The van der Waals surface area contributed by atoms with Gasteiger partial charge in [-0.25, -0.2) is 9.13 Å². The van der Waals surface area contributed by atoms with Crippen molar-refractivity contribution in [3.63, 3.8) is 0 Å². The molecule has 0 unspecified atom stereocenters. The third kappa shape index (κ3) is 23.5. The standard InChI is InChI=1S/C56H76O14P2S2/c57-53(37-25-9-5-1-3-7-11-27-41-73-43-39-63-71(59,67-47-29-17-13-18-30-47)68-48-31-19-14-20-32-48)65-51-45-61-56-52(46-62-55(51)56)66-54(58)38-26-10-6-2-4-8-12-28-42-74-44-40-64-72(60,69-49-33-21-15-22-34-49)70-50-35-23-16-24-36-50/h13-24,29-36,51-52,55-56H,1-12,25-28,37-46H2/t51-,52+,55-,56-/m1/s1. The van der Waals surface area contributed by atoms with Crippen LogP contribution in [0.1, 0.15) is 116 Å². The molecule has 74 heavy (non-hydrogen) atoms. The molecular formula is C56H76O14P2S2. The summed E-state index contributed by atoms with van der Waals surface area (Å²) < 4.78 is 84.2. The number of benzene rings is 4. The Bertz CT molecular complexity index is 1990. The lowest BCUT2D eigenvalue weighted by Crippen LogP contribution is -2.35. The first kappa shape index (κ1) is 59.3. The number of fused-ring (bicyclic) bond motifs is 1. The molecule has 406 valence electrons. The molecule has 0 saturated carbocycles. The van der Waals surface area contributed by atoms with Crippen LogP contribution >= 0.6 is 39.2 Å². The molecule has 0 aliphatic carbocycles. The fourth-order valence-electron chi connectivity index (χ4n) is 8.36. The van der Waals surface area contributed by atoms with Crippen molar-refractivity contribution < 1.29 is 64.8 Å². The van der Waals surface area contributed by atoms with Gasteiger partial charge in [-0.15, -0.1) is 0 Å². The van der Waals surface area contributed by atoms with Gasteiger partial charge in [-0.3, -0.25) is 18.6 Å². The third-order valence-corrected chi connectivity index (χ3v) is 17.0. The van der Waals surface area contributed by atoms with Crippen molar-refractivity contribution in [1.82, 2.24) is 0 Å². The van der Waals surface area contributed by atoms with Gasteiger partial charge in [0.1, 0.15) is 35.2 Å². The molecule has 4 atom stereocenters. The highest BCUT2D eigenvalue weighted by molar-refractivity contribution is 7.99. The highest BCUT2D eigenvalue weighted by Gasteiger charge is 2.51. The van der Waals surface area contributed by atoms with Crippen LogP contribution in [-0.4, -0.2) is 85.8 Å². The number of carbonyl (C=O) groups excluding carboxylic acids is 2. The van der Waals surface area contributed by atoms with Crippen LogP contribution in [0.25, 0.3) is 0 Å². The van der Waals surface area contributed by atoms with Crippen LogP contribution in [0.4, 0.5) is 0 Å². The lowest BCUT2D eigenvalue weighted by molar-refractivity contribution is -0.155. The minimum Gasteiger partial charge on any atom is -0.457 e. The second-order valence-electron chi connectivity index (χ2n) is 18.2. The van der Waals surface area contributed by atoms with Crippen molar-refractivity contribution in [1.29, 1.82) is 0 Å². The zero-order chi connectivity index (χ0) is 51.8. The minimum atomic E-state index is -3.86. The summed E-state index contributed by atoms with van der Waals surface area (Å²) in [6.07, 6.45) is 16.0. The molecular weight excluding hydrogens is 1020 g/mol. The summed E-state index contributed by atoms with van der Waals surface area (Å²) in [5.41, 5.74) is 0. The monoisotopic (exact) mass is 1100 g/mol. The SMILES string of the molecule is O=C(CCCCCCCCCCSCCOP(=O)(Oc1ccccc1)Oc1ccccc1)O[C@H]1CO[C@H]2[C@@H]1OC[C@H]2OC(=O)CCCCCCCCCCSCCOP(=O)(Oc1ccccc1)Oc1ccccc1. The number of phosphoric acid groups is 2. The Morgan fingerprint density at radius 3 is 1.00 bits per heavy atom. The number of hydrogen-bond acceptors (Lipinski definition) is 16. The molecule has 0 radical (unpaired) electrons. The third-order valence-electron chi connectivity index (χ3n) is 12.2. The molecule has 0 spiro atoms. The van der Waals surface area contributed by atoms with Crippen LogP contribution in [-0.2, 0) is 46.7 Å². The maximum atomic E-state index is 13.4. The van der Waals surface area contributed by atoms with E-state index >= 15 is 0 Å². The van der Waals surface area contributed by atoms with E-state index in [1.165, 1.54) is 12.8 Å². The Labute approximate surface area is 447 Å². The predicted octanol–water partition coefficient (Wildman–Crippen LogP) is 14.7. The zero-order valence-electron chi connectivity index (χ0n) is 42.7. The number of rotatable bonds is 40. The van der Waals surface area contributed by atoms with Crippen molar-refractivity contribution in [2.24, 2.45) is 0 Å². The van der Waals surface area contributed by atoms with Crippen molar-refractivity contribution in [2.75, 3.05) is 49.4 Å². The number of esters is 2. The number of carbonyl (C=O) groups is 2. The maximum Gasteiger partial charge on any atom is 0.587 e. The molecule has 14 nitrogen and oxygen atoms in total. The molecule has 4 aromatic rings. The summed E-state index contributed by atoms with van der Waals surface area (Å²) in [5, 5.41) is 0. The summed E-state index contributed by atoms with van der Waals surface area (Å²) >= 11 is 3.53. The number of hydrogen-bond donors (Lipinski definition) is 0. The smallest absolute Gasteiger partial charge is 0.457 e. The minimum absolute atomic E-state index is 0.242. The number of ether oxygens (including phenoxy) is 4. The summed E-state index contributed by atoms with van der Waals surface area (Å²) in [6, 6.07) is 35.6. The van der Waals surface area contributed by atoms with Gasteiger partial charge in [0.2, 0.25) is 0 Å². The lowest BCUT2D eigenvalue weighted by atomic mass is 10.1. The van der Waals surface area contributed by atoms with Gasteiger partial charge in [-0.05, 0) is 85.7 Å². The topological polar surface area (TPSA) is 161 Å². The molecule has 2 aliphatic rings. The summed E-state index contributed by atoms with van der Waals surface area (Å²) in [4.78, 5) is 25.4. The normalized spacial score (nSPS) is 17.4. The second-order valence-corrected chi connectivity index (χ2v) is 23.7. The van der Waals surface area contributed by atoms with Gasteiger partial charge >= 0.3 is 27.6 Å². The van der Waals surface area contributed by atoms with E-state index in [0.717, 1.165) is 101 Å². The molecule has 2 saturated heterocycles. The van der Waals surface area contributed by atoms with Crippen LogP contribution in [0.3, 0.4) is 0 Å². The van der Waals surface area contributed by atoms with E-state index < -0.39 is 40.1 Å². The number of unbranched alkanes of at least 4 members (excludes halogenated alkanes) is 14. The van der Waals surface area contributed by atoms with Crippen molar-refractivity contribution >= 4 is 51.1 Å². The molecule has 4 aromatic carbocycles. The Hall–Kier alpha value is -3.98. The lowest BCUT2D eigenvalue weighted by Gasteiger charge is -2.19. The van der Waals surface area contributed by atoms with Crippen LogP contribution in [0.5, 0.6) is 23.0 Å². The predicted molar refractivity (Wildman–Crippen MR) is 292 cm³/mol. The number of para-hydroxylation sites is 4. The van der Waals surface area contributed by atoms with Gasteiger partial charge in [0.15, 0.2) is 12.2 Å². The average Bonchev–Trinajstić information content (AvgIpc) is 4.00. The first-order chi connectivity index (χ1) is 36.3. The summed E-state index contributed by atoms with van der Waals surface area (Å²) in [6.45, 7) is 0.980. The van der Waals surface area contributed by atoms with Crippen LogP contribution < -0.4 is 18.1 Å². The Balaban J connectivity index is 0.690. The second kappa shape index (κ2) is 34.6. The highest BCUT2D eigenvalue weighted by atomic mass is 32.2.